The molecule has 0 spiro atoms. The molecule has 4 fully saturated rings. The number of benzene rings is 1. The number of ether oxygens (including phenoxy) is 1. The number of fused-ring (bicyclic) bond motifs is 5. The van der Waals surface area contributed by atoms with Gasteiger partial charge in [-0.1, -0.05) is 90.8 Å². The van der Waals surface area contributed by atoms with Gasteiger partial charge in [-0.3, -0.25) is 0 Å². The molecule has 0 aromatic heterocycles. The van der Waals surface area contributed by atoms with E-state index in [0.29, 0.717) is 16.9 Å². The minimum Gasteiger partial charge on any atom is -0.490 e. The standard InChI is InChI=1S/C35H54O/c1-24(2)11-10-12-25(3)31-17-18-32-30-16-15-28-23-29(36-26(4)27-13-8-7-9-14-27)19-21-34(28,5)33(30)20-22-35(31,32)6/h7-9,13-14,24-25,28-33H,4,10-12,15-23H2,1-3,5-6H3/t25-,28?,29?,30+,31-,32+,33+,34+,35-/m1/s1. The zero-order valence-corrected chi connectivity index (χ0v) is 24.1. The third kappa shape index (κ3) is 4.82. The van der Waals surface area contributed by atoms with Crippen LogP contribution in [0.15, 0.2) is 36.9 Å². The second kappa shape index (κ2) is 10.5. The first-order chi connectivity index (χ1) is 17.2. The van der Waals surface area contributed by atoms with Gasteiger partial charge in [-0.2, -0.15) is 0 Å². The number of hydrogen-bond acceptors (Lipinski definition) is 1. The second-order valence-electron chi connectivity index (χ2n) is 14.5. The maximum absolute atomic E-state index is 6.49. The van der Waals surface area contributed by atoms with Crippen molar-refractivity contribution in [1.82, 2.24) is 0 Å². The quantitative estimate of drug-likeness (QED) is 0.329. The lowest BCUT2D eigenvalue weighted by Crippen LogP contribution is -2.54. The van der Waals surface area contributed by atoms with E-state index in [0.717, 1.165) is 52.7 Å². The average Bonchev–Trinajstić information content (AvgIpc) is 3.22. The van der Waals surface area contributed by atoms with Crippen LogP contribution in [0.2, 0.25) is 0 Å². The zero-order valence-electron chi connectivity index (χ0n) is 24.1. The van der Waals surface area contributed by atoms with Crippen LogP contribution in [-0.2, 0) is 4.74 Å². The van der Waals surface area contributed by atoms with Crippen LogP contribution in [0.1, 0.15) is 117 Å². The van der Waals surface area contributed by atoms with Crippen LogP contribution in [0, 0.1) is 52.3 Å². The van der Waals surface area contributed by atoms with Crippen molar-refractivity contribution in [3.63, 3.8) is 0 Å². The first-order valence-electron chi connectivity index (χ1n) is 15.6. The largest absolute Gasteiger partial charge is 0.490 e. The van der Waals surface area contributed by atoms with Crippen molar-refractivity contribution in [2.45, 2.75) is 118 Å². The van der Waals surface area contributed by atoms with Gasteiger partial charge < -0.3 is 4.74 Å². The van der Waals surface area contributed by atoms with Crippen LogP contribution in [0.3, 0.4) is 0 Å². The molecule has 5 rings (SSSR count). The molecule has 0 saturated heterocycles. The van der Waals surface area contributed by atoms with Crippen LogP contribution in [0.25, 0.3) is 5.76 Å². The lowest BCUT2D eigenvalue weighted by molar-refractivity contribution is -0.128. The summed E-state index contributed by atoms with van der Waals surface area (Å²) in [6.45, 7) is 17.1. The van der Waals surface area contributed by atoms with Gasteiger partial charge in [0.15, 0.2) is 0 Å². The summed E-state index contributed by atoms with van der Waals surface area (Å²) in [6, 6.07) is 10.5. The molecule has 0 heterocycles. The minimum absolute atomic E-state index is 0.351. The van der Waals surface area contributed by atoms with Crippen molar-refractivity contribution in [3.8, 4) is 0 Å². The second-order valence-corrected chi connectivity index (χ2v) is 14.5. The monoisotopic (exact) mass is 490 g/mol. The number of rotatable bonds is 8. The molecule has 0 amide bonds. The van der Waals surface area contributed by atoms with Crippen LogP contribution >= 0.6 is 0 Å². The van der Waals surface area contributed by atoms with Crippen molar-refractivity contribution in [2.24, 2.45) is 52.3 Å². The fourth-order valence-corrected chi connectivity index (χ4v) is 10.2. The van der Waals surface area contributed by atoms with Crippen molar-refractivity contribution in [1.29, 1.82) is 0 Å². The van der Waals surface area contributed by atoms with Gasteiger partial charge in [0.05, 0.1) is 6.10 Å². The van der Waals surface area contributed by atoms with E-state index in [1.807, 2.05) is 0 Å². The van der Waals surface area contributed by atoms with Gasteiger partial charge in [-0.15, -0.1) is 0 Å². The van der Waals surface area contributed by atoms with E-state index in [1.165, 1.54) is 77.0 Å². The minimum atomic E-state index is 0.351. The smallest absolute Gasteiger partial charge is 0.119 e. The van der Waals surface area contributed by atoms with Gasteiger partial charge in [0.25, 0.3) is 0 Å². The molecule has 36 heavy (non-hydrogen) atoms. The molecule has 0 N–H and O–H groups in total. The predicted molar refractivity (Wildman–Crippen MR) is 153 cm³/mol. The highest BCUT2D eigenvalue weighted by atomic mass is 16.5. The Morgan fingerprint density at radius 3 is 2.36 bits per heavy atom. The molecule has 1 nitrogen and oxygen atoms in total. The third-order valence-electron chi connectivity index (χ3n) is 12.2. The van der Waals surface area contributed by atoms with Gasteiger partial charge in [-0.25, -0.2) is 0 Å². The summed E-state index contributed by atoms with van der Waals surface area (Å²) in [5.74, 6) is 7.34. The Bertz CT molecular complexity index is 887. The SMILES string of the molecule is C=C(OC1CC[C@@]2(C)C(CC[C@H]3[C@@H]4CC[C@H]([C@H](C)CCCC(C)C)[C@@]4(C)CC[C@@H]32)C1)c1ccccc1. The Hall–Kier alpha value is -1.24. The molecule has 0 bridgehead atoms. The molecule has 1 aromatic rings. The van der Waals surface area contributed by atoms with Gasteiger partial charge in [0.2, 0.25) is 0 Å². The van der Waals surface area contributed by atoms with E-state index in [-0.39, 0.29) is 0 Å². The van der Waals surface area contributed by atoms with Gasteiger partial charge in [-0.05, 0) is 110 Å². The molecule has 4 saturated carbocycles. The Morgan fingerprint density at radius 2 is 1.61 bits per heavy atom. The van der Waals surface area contributed by atoms with E-state index < -0.39 is 0 Å². The molecular weight excluding hydrogens is 436 g/mol. The molecule has 9 atom stereocenters. The maximum Gasteiger partial charge on any atom is 0.119 e. The summed E-state index contributed by atoms with van der Waals surface area (Å²) in [5, 5.41) is 0. The topological polar surface area (TPSA) is 9.23 Å². The van der Waals surface area contributed by atoms with E-state index >= 15 is 0 Å². The summed E-state index contributed by atoms with van der Waals surface area (Å²) in [4.78, 5) is 0. The molecule has 4 aliphatic carbocycles. The molecule has 0 radical (unpaired) electrons. The Labute approximate surface area is 222 Å². The normalized spacial score (nSPS) is 40.7. The van der Waals surface area contributed by atoms with Gasteiger partial charge in [0.1, 0.15) is 5.76 Å². The average molecular weight is 491 g/mol. The lowest BCUT2D eigenvalue weighted by Gasteiger charge is -2.61. The molecule has 1 aromatic carbocycles. The summed E-state index contributed by atoms with van der Waals surface area (Å²) >= 11 is 0. The molecular formula is C35H54O. The Balaban J connectivity index is 1.22. The number of hydrogen-bond donors (Lipinski definition) is 0. The zero-order chi connectivity index (χ0) is 25.5. The third-order valence-corrected chi connectivity index (χ3v) is 12.2. The van der Waals surface area contributed by atoms with E-state index in [2.05, 4.69) is 71.5 Å². The van der Waals surface area contributed by atoms with E-state index in [1.54, 1.807) is 0 Å². The van der Waals surface area contributed by atoms with Gasteiger partial charge >= 0.3 is 0 Å². The molecule has 0 aliphatic heterocycles. The molecule has 1 heteroatoms. The summed E-state index contributed by atoms with van der Waals surface area (Å²) in [6.07, 6.45) is 17.3. The predicted octanol–water partition coefficient (Wildman–Crippen LogP) is 10.2. The van der Waals surface area contributed by atoms with Gasteiger partial charge in [0, 0.05) is 5.56 Å². The van der Waals surface area contributed by atoms with Crippen molar-refractivity contribution >= 4 is 5.76 Å². The fourth-order valence-electron chi connectivity index (χ4n) is 10.2. The van der Waals surface area contributed by atoms with Crippen LogP contribution in [-0.4, -0.2) is 6.10 Å². The first kappa shape index (κ1) is 26.4. The summed E-state index contributed by atoms with van der Waals surface area (Å²) in [5.41, 5.74) is 2.27. The Morgan fingerprint density at radius 1 is 0.889 bits per heavy atom. The first-order valence-corrected chi connectivity index (χ1v) is 15.6. The summed E-state index contributed by atoms with van der Waals surface area (Å²) in [7, 11) is 0. The Kier molecular flexibility index (Phi) is 7.69. The fraction of sp³-hybridized carbons (Fsp3) is 0.771. The van der Waals surface area contributed by atoms with Crippen LogP contribution in [0.4, 0.5) is 0 Å². The van der Waals surface area contributed by atoms with E-state index in [4.69, 9.17) is 4.74 Å². The molecule has 4 aliphatic rings. The molecule has 2 unspecified atom stereocenters. The maximum atomic E-state index is 6.49. The molecule has 200 valence electrons. The highest BCUT2D eigenvalue weighted by Crippen LogP contribution is 2.68. The van der Waals surface area contributed by atoms with Crippen LogP contribution < -0.4 is 0 Å². The van der Waals surface area contributed by atoms with Crippen molar-refractivity contribution in [3.05, 3.63) is 42.5 Å². The van der Waals surface area contributed by atoms with E-state index in [9.17, 15) is 0 Å². The van der Waals surface area contributed by atoms with Crippen molar-refractivity contribution in [2.75, 3.05) is 0 Å². The highest BCUT2D eigenvalue weighted by Gasteiger charge is 2.60. The van der Waals surface area contributed by atoms with Crippen molar-refractivity contribution < 1.29 is 4.74 Å². The summed E-state index contributed by atoms with van der Waals surface area (Å²) < 4.78 is 6.49. The van der Waals surface area contributed by atoms with Crippen LogP contribution in [0.5, 0.6) is 0 Å². The highest BCUT2D eigenvalue weighted by molar-refractivity contribution is 5.57. The lowest BCUT2D eigenvalue weighted by atomic mass is 9.44.